The fraction of sp³-hybridized carbons (Fsp3) is 0.500. The van der Waals surface area contributed by atoms with E-state index in [1.54, 1.807) is 6.92 Å². The van der Waals surface area contributed by atoms with Crippen LogP contribution in [0.3, 0.4) is 0 Å². The molecule has 3 aliphatic heterocycles. The second-order valence-electron chi connectivity index (χ2n) is 6.42. The number of alkyl halides is 1. The first-order valence-electron chi connectivity index (χ1n) is 8.29. The number of benzene rings is 1. The molecule has 0 saturated carbocycles. The minimum atomic E-state index is -0.313. The summed E-state index contributed by atoms with van der Waals surface area (Å²) in [5.74, 6) is 1.37. The predicted octanol–water partition coefficient (Wildman–Crippen LogP) is -0.940. The van der Waals surface area contributed by atoms with Gasteiger partial charge >= 0.3 is 152 Å². The van der Waals surface area contributed by atoms with E-state index < -0.39 is 0 Å². The maximum absolute atomic E-state index is 12.3. The Kier molecular flexibility index (Phi) is 4.53. The standard InChI is InChI=1S/C18H21INO4/c1-11(21)17-15-9-20-13(3-2-4-14(22)5-6-19-20)7-12(15)8-16-18(17)24-10-23-16/h2,4,8,13-14,22H,3,5-7,9-10H2,1H3/q-1/b4-2-/t13-,14-/m1/s1. The molecule has 2 atom stereocenters. The van der Waals surface area contributed by atoms with Crippen LogP contribution in [-0.4, -0.2) is 37.4 Å². The van der Waals surface area contributed by atoms with E-state index in [9.17, 15) is 9.90 Å². The van der Waals surface area contributed by atoms with Crippen LogP contribution in [0.5, 0.6) is 11.5 Å². The number of halogens is 1. The molecule has 0 saturated heterocycles. The number of aliphatic hydroxyl groups is 1. The van der Waals surface area contributed by atoms with Crippen molar-refractivity contribution in [2.24, 2.45) is 0 Å². The fourth-order valence-corrected chi connectivity index (χ4v) is 6.70. The molecular formula is C18H21INO4-. The number of nitrogens with zero attached hydrogens (tertiary/aromatic N) is 1. The Labute approximate surface area is 152 Å². The van der Waals surface area contributed by atoms with Gasteiger partial charge < -0.3 is 0 Å². The van der Waals surface area contributed by atoms with Crippen LogP contribution < -0.4 is 31.0 Å². The van der Waals surface area contributed by atoms with Crippen molar-refractivity contribution in [1.29, 1.82) is 0 Å². The number of hydrogen-bond donors (Lipinski definition) is 1. The van der Waals surface area contributed by atoms with E-state index in [0.717, 1.165) is 35.8 Å². The van der Waals surface area contributed by atoms with Gasteiger partial charge in [0.2, 0.25) is 0 Å². The summed E-state index contributed by atoms with van der Waals surface area (Å²) in [6, 6.07) is 2.51. The summed E-state index contributed by atoms with van der Waals surface area (Å²) in [5, 5.41) is 9.91. The summed E-state index contributed by atoms with van der Waals surface area (Å²) in [6.07, 6.45) is 6.43. The van der Waals surface area contributed by atoms with Gasteiger partial charge in [-0.3, -0.25) is 0 Å². The van der Waals surface area contributed by atoms with E-state index in [1.165, 1.54) is 5.56 Å². The topological polar surface area (TPSA) is 59.0 Å². The first-order valence-corrected chi connectivity index (χ1v) is 10.8. The van der Waals surface area contributed by atoms with Crippen molar-refractivity contribution in [3.63, 3.8) is 0 Å². The van der Waals surface area contributed by atoms with Crippen LogP contribution in [0, 0.1) is 0 Å². The van der Waals surface area contributed by atoms with E-state index in [0.29, 0.717) is 23.1 Å². The molecule has 1 aromatic rings. The number of carbonyl (C=O) groups is 1. The second kappa shape index (κ2) is 6.65. The van der Waals surface area contributed by atoms with E-state index in [2.05, 4.69) is 15.3 Å². The van der Waals surface area contributed by atoms with Crippen LogP contribution in [0.1, 0.15) is 41.3 Å². The zero-order chi connectivity index (χ0) is 16.7. The molecule has 0 unspecified atom stereocenters. The van der Waals surface area contributed by atoms with Crippen LogP contribution in [0.2, 0.25) is 0 Å². The average Bonchev–Trinajstić information content (AvgIpc) is 3.01. The molecule has 4 rings (SSSR count). The molecule has 6 heteroatoms. The molecule has 0 radical (unpaired) electrons. The Morgan fingerprint density at radius 2 is 2.29 bits per heavy atom. The van der Waals surface area contributed by atoms with E-state index in [4.69, 9.17) is 9.47 Å². The third-order valence-corrected chi connectivity index (χ3v) is 7.90. The number of ether oxygens (including phenoxy) is 2. The Morgan fingerprint density at radius 1 is 1.42 bits per heavy atom. The molecule has 0 fully saturated rings. The van der Waals surface area contributed by atoms with Crippen LogP contribution in [0.25, 0.3) is 0 Å². The number of hydrogen-bond acceptors (Lipinski definition) is 5. The molecule has 0 bridgehead atoms. The van der Waals surface area contributed by atoms with Gasteiger partial charge in [-0.05, 0) is 0 Å². The van der Waals surface area contributed by atoms with Gasteiger partial charge in [0.05, 0.1) is 0 Å². The van der Waals surface area contributed by atoms with Crippen molar-refractivity contribution < 1.29 is 40.9 Å². The van der Waals surface area contributed by atoms with Gasteiger partial charge in [0.1, 0.15) is 0 Å². The van der Waals surface area contributed by atoms with Crippen molar-refractivity contribution in [3.05, 3.63) is 34.9 Å². The minimum absolute atomic E-state index is 0.0461. The first-order chi connectivity index (χ1) is 11.6. The summed E-state index contributed by atoms with van der Waals surface area (Å²) in [7, 11) is 0. The molecular weight excluding hydrogens is 421 g/mol. The number of rotatable bonds is 1. The molecule has 24 heavy (non-hydrogen) atoms. The number of fused-ring (bicyclic) bond motifs is 3. The monoisotopic (exact) mass is 442 g/mol. The Bertz CT molecular complexity index is 703. The number of Topliss-reactive ketones (excluding diaryl/α,β-unsaturated/α-hetero) is 1. The quantitative estimate of drug-likeness (QED) is 0.200. The van der Waals surface area contributed by atoms with Crippen LogP contribution >= 0.6 is 0 Å². The molecule has 3 aliphatic rings. The van der Waals surface area contributed by atoms with Crippen molar-refractivity contribution >= 4 is 5.78 Å². The molecule has 3 heterocycles. The summed E-state index contributed by atoms with van der Waals surface area (Å²) < 4.78 is 14.7. The maximum atomic E-state index is 12.3. The molecule has 0 spiro atoms. The van der Waals surface area contributed by atoms with Gasteiger partial charge in [-0.25, -0.2) is 0 Å². The summed E-state index contributed by atoms with van der Waals surface area (Å²) in [6.45, 7) is 2.61. The van der Waals surface area contributed by atoms with Gasteiger partial charge in [-0.1, -0.05) is 0 Å². The SMILES string of the molecule is CC(=O)c1c2c(cc3c1OCO3)C[C@H]1C/C=C\[C@@H](O)CC[I-]N1C2. The van der Waals surface area contributed by atoms with Crippen LogP contribution in [0.15, 0.2) is 18.2 Å². The normalized spacial score (nSPS) is 27.8. The Morgan fingerprint density at radius 3 is 3.12 bits per heavy atom. The molecule has 0 aromatic heterocycles. The van der Waals surface area contributed by atoms with Crippen molar-refractivity contribution in [1.82, 2.24) is 3.11 Å². The van der Waals surface area contributed by atoms with Gasteiger partial charge in [-0.15, -0.1) is 0 Å². The number of aliphatic hydroxyl groups excluding tert-OH is 1. The zero-order valence-electron chi connectivity index (χ0n) is 13.6. The molecule has 1 N–H and O–H groups in total. The third kappa shape index (κ3) is 2.95. The Balaban J connectivity index is 1.72. The molecule has 1 aromatic carbocycles. The molecule has 0 amide bonds. The third-order valence-electron chi connectivity index (χ3n) is 4.79. The second-order valence-corrected chi connectivity index (χ2v) is 9.42. The molecule has 5 nitrogen and oxygen atoms in total. The molecule has 130 valence electrons. The van der Waals surface area contributed by atoms with Gasteiger partial charge in [0, 0.05) is 0 Å². The average molecular weight is 442 g/mol. The molecule has 0 aliphatic carbocycles. The number of ketones is 1. The first kappa shape index (κ1) is 16.4. The van der Waals surface area contributed by atoms with Gasteiger partial charge in [0.15, 0.2) is 0 Å². The van der Waals surface area contributed by atoms with E-state index in [1.807, 2.05) is 6.08 Å². The number of carbonyl (C=O) groups excluding carboxylic acids is 1. The van der Waals surface area contributed by atoms with E-state index >= 15 is 0 Å². The fourth-order valence-electron chi connectivity index (χ4n) is 3.60. The predicted molar refractivity (Wildman–Crippen MR) is 84.9 cm³/mol. The van der Waals surface area contributed by atoms with Crippen LogP contribution in [-0.2, 0) is 13.0 Å². The van der Waals surface area contributed by atoms with Crippen LogP contribution in [0.4, 0.5) is 0 Å². The van der Waals surface area contributed by atoms with Crippen molar-refractivity contribution in [2.45, 2.75) is 44.9 Å². The van der Waals surface area contributed by atoms with Crippen molar-refractivity contribution in [2.75, 3.05) is 11.2 Å². The Hall–Kier alpha value is -1.12. The zero-order valence-corrected chi connectivity index (χ0v) is 15.8. The summed E-state index contributed by atoms with van der Waals surface area (Å²) in [5.41, 5.74) is 3.03. The van der Waals surface area contributed by atoms with Gasteiger partial charge in [-0.2, -0.15) is 0 Å². The summed E-state index contributed by atoms with van der Waals surface area (Å²) >= 11 is -0.152. The van der Waals surface area contributed by atoms with E-state index in [-0.39, 0.29) is 40.2 Å². The van der Waals surface area contributed by atoms with Crippen molar-refractivity contribution in [3.8, 4) is 11.5 Å². The van der Waals surface area contributed by atoms with Gasteiger partial charge in [0.25, 0.3) is 0 Å². The summed E-state index contributed by atoms with van der Waals surface area (Å²) in [4.78, 5) is 12.3.